The first-order valence-electron chi connectivity index (χ1n) is 5.13. The van der Waals surface area contributed by atoms with E-state index in [2.05, 4.69) is 5.32 Å². The van der Waals surface area contributed by atoms with Crippen molar-refractivity contribution in [2.75, 3.05) is 13.1 Å². The maximum atomic E-state index is 11.9. The smallest absolute Gasteiger partial charge is 0.245 e. The van der Waals surface area contributed by atoms with Crippen LogP contribution in [0.2, 0.25) is 0 Å². The van der Waals surface area contributed by atoms with Crippen molar-refractivity contribution in [3.63, 3.8) is 0 Å². The molecule has 0 bridgehead atoms. The maximum Gasteiger partial charge on any atom is 0.245 e. The van der Waals surface area contributed by atoms with Crippen molar-refractivity contribution in [3.8, 4) is 0 Å². The molecule has 0 atom stereocenters. The summed E-state index contributed by atoms with van der Waals surface area (Å²) in [4.78, 5) is 25.2. The molecule has 1 aliphatic heterocycles. The van der Waals surface area contributed by atoms with Crippen molar-refractivity contribution < 1.29 is 9.59 Å². The summed E-state index contributed by atoms with van der Waals surface area (Å²) < 4.78 is 0. The fourth-order valence-electron chi connectivity index (χ4n) is 1.84. The molecule has 78 valence electrons. The molecule has 2 fully saturated rings. The molecule has 0 radical (unpaired) electrons. The second-order valence-corrected chi connectivity index (χ2v) is 4.58. The van der Waals surface area contributed by atoms with Crippen LogP contribution in [-0.4, -0.2) is 35.3 Å². The highest BCUT2D eigenvalue weighted by molar-refractivity contribution is 5.93. The lowest BCUT2D eigenvalue weighted by Gasteiger charge is -2.41. The number of carbonyl (C=O) groups excluding carboxylic acids is 2. The number of nitrogens with one attached hydrogen (secondary N) is 1. The van der Waals surface area contributed by atoms with Crippen LogP contribution in [0, 0.1) is 5.92 Å². The van der Waals surface area contributed by atoms with Crippen molar-refractivity contribution in [2.45, 2.75) is 32.2 Å². The molecule has 1 heterocycles. The van der Waals surface area contributed by atoms with Crippen molar-refractivity contribution in [1.29, 1.82) is 0 Å². The summed E-state index contributed by atoms with van der Waals surface area (Å²) in [5.41, 5.74) is -0.669. The van der Waals surface area contributed by atoms with Gasteiger partial charge in [-0.05, 0) is 26.7 Å². The lowest BCUT2D eigenvalue weighted by Crippen LogP contribution is -2.63. The summed E-state index contributed by atoms with van der Waals surface area (Å²) in [6.45, 7) is 4.85. The predicted molar refractivity (Wildman–Crippen MR) is 51.5 cm³/mol. The molecule has 0 aromatic heterocycles. The van der Waals surface area contributed by atoms with Gasteiger partial charge in [0.05, 0.1) is 0 Å². The van der Waals surface area contributed by atoms with Gasteiger partial charge in [-0.1, -0.05) is 0 Å². The van der Waals surface area contributed by atoms with E-state index in [0.717, 1.165) is 12.8 Å². The fourth-order valence-corrected chi connectivity index (χ4v) is 1.84. The summed E-state index contributed by atoms with van der Waals surface area (Å²) in [5.74, 6) is 0.308. The first-order valence-corrected chi connectivity index (χ1v) is 5.13. The Labute approximate surface area is 83.6 Å². The number of hydrogen-bond acceptors (Lipinski definition) is 2. The van der Waals surface area contributed by atoms with Gasteiger partial charge in [-0.15, -0.1) is 0 Å². The van der Waals surface area contributed by atoms with Gasteiger partial charge in [0.25, 0.3) is 0 Å². The number of nitrogens with zero attached hydrogens (tertiary/aromatic N) is 1. The van der Waals surface area contributed by atoms with E-state index in [1.54, 1.807) is 4.90 Å². The minimum Gasteiger partial charge on any atom is -0.352 e. The minimum absolute atomic E-state index is 0.0437. The van der Waals surface area contributed by atoms with Crippen molar-refractivity contribution >= 4 is 11.8 Å². The quantitative estimate of drug-likeness (QED) is 0.648. The second kappa shape index (κ2) is 2.97. The van der Waals surface area contributed by atoms with Crippen LogP contribution >= 0.6 is 0 Å². The van der Waals surface area contributed by atoms with Crippen LogP contribution in [0.1, 0.15) is 26.7 Å². The molecule has 2 aliphatic rings. The summed E-state index contributed by atoms with van der Waals surface area (Å²) in [6, 6.07) is 0. The van der Waals surface area contributed by atoms with Crippen LogP contribution in [-0.2, 0) is 9.59 Å². The van der Waals surface area contributed by atoms with Crippen molar-refractivity contribution in [1.82, 2.24) is 10.2 Å². The van der Waals surface area contributed by atoms with Crippen LogP contribution in [0.25, 0.3) is 0 Å². The zero-order valence-corrected chi connectivity index (χ0v) is 8.67. The Morgan fingerprint density at radius 1 is 1.50 bits per heavy atom. The Balaban J connectivity index is 2.15. The van der Waals surface area contributed by atoms with E-state index >= 15 is 0 Å². The molecule has 2 amide bonds. The van der Waals surface area contributed by atoms with Gasteiger partial charge in [-0.25, -0.2) is 0 Å². The Morgan fingerprint density at radius 2 is 2.14 bits per heavy atom. The number of piperazine rings is 1. The maximum absolute atomic E-state index is 11.9. The lowest BCUT2D eigenvalue weighted by atomic mass is 9.98. The average Bonchev–Trinajstić information content (AvgIpc) is 2.91. The monoisotopic (exact) mass is 196 g/mol. The Bertz CT molecular complexity index is 282. The minimum atomic E-state index is -0.669. The fraction of sp³-hybridized carbons (Fsp3) is 0.800. The van der Waals surface area contributed by atoms with Gasteiger partial charge in [0.2, 0.25) is 11.8 Å². The Morgan fingerprint density at radius 3 is 2.71 bits per heavy atom. The summed E-state index contributed by atoms with van der Waals surface area (Å²) >= 11 is 0. The third kappa shape index (κ3) is 1.38. The lowest BCUT2D eigenvalue weighted by molar-refractivity contribution is -0.150. The molecule has 4 heteroatoms. The summed E-state index contributed by atoms with van der Waals surface area (Å²) in [5, 5.41) is 2.78. The molecular formula is C10H16N2O2. The number of hydrogen-bond donors (Lipinski definition) is 1. The molecule has 1 saturated heterocycles. The van der Waals surface area contributed by atoms with Gasteiger partial charge >= 0.3 is 0 Å². The Hall–Kier alpha value is -1.06. The average molecular weight is 196 g/mol. The van der Waals surface area contributed by atoms with E-state index in [-0.39, 0.29) is 17.7 Å². The topological polar surface area (TPSA) is 49.4 Å². The zero-order chi connectivity index (χ0) is 10.3. The van der Waals surface area contributed by atoms with E-state index in [0.29, 0.717) is 13.1 Å². The summed E-state index contributed by atoms with van der Waals surface area (Å²) in [6.07, 6.45) is 1.99. The third-order valence-corrected chi connectivity index (χ3v) is 3.04. The standard InChI is InChI=1S/C10H16N2O2/c1-10(2)9(14)11-5-6-12(10)8(13)7-3-4-7/h7H,3-6H2,1-2H3,(H,11,14). The molecule has 14 heavy (non-hydrogen) atoms. The molecule has 0 unspecified atom stereocenters. The highest BCUT2D eigenvalue weighted by Gasteiger charge is 2.44. The number of rotatable bonds is 1. The van der Waals surface area contributed by atoms with Crippen LogP contribution in [0.15, 0.2) is 0 Å². The molecule has 0 aromatic carbocycles. The number of amides is 2. The van der Waals surface area contributed by atoms with E-state index < -0.39 is 5.54 Å². The normalized spacial score (nSPS) is 25.9. The second-order valence-electron chi connectivity index (χ2n) is 4.58. The van der Waals surface area contributed by atoms with Crippen molar-refractivity contribution in [3.05, 3.63) is 0 Å². The SMILES string of the molecule is CC1(C)C(=O)NCCN1C(=O)C1CC1. The van der Waals surface area contributed by atoms with Crippen LogP contribution < -0.4 is 5.32 Å². The molecule has 1 N–H and O–H groups in total. The van der Waals surface area contributed by atoms with Gasteiger partial charge < -0.3 is 10.2 Å². The van der Waals surface area contributed by atoms with Crippen LogP contribution in [0.4, 0.5) is 0 Å². The Kier molecular flexibility index (Phi) is 2.01. The molecule has 2 rings (SSSR count). The molecular weight excluding hydrogens is 180 g/mol. The van der Waals surface area contributed by atoms with Gasteiger partial charge in [0.15, 0.2) is 0 Å². The third-order valence-electron chi connectivity index (χ3n) is 3.04. The van der Waals surface area contributed by atoms with E-state index in [4.69, 9.17) is 0 Å². The molecule has 1 saturated carbocycles. The van der Waals surface area contributed by atoms with Crippen molar-refractivity contribution in [2.24, 2.45) is 5.92 Å². The molecule has 0 spiro atoms. The molecule has 1 aliphatic carbocycles. The van der Waals surface area contributed by atoms with E-state index in [1.165, 1.54) is 0 Å². The van der Waals surface area contributed by atoms with Gasteiger partial charge in [0, 0.05) is 19.0 Å². The van der Waals surface area contributed by atoms with E-state index in [1.807, 2.05) is 13.8 Å². The summed E-state index contributed by atoms with van der Waals surface area (Å²) in [7, 11) is 0. The van der Waals surface area contributed by atoms with Gasteiger partial charge in [-0.3, -0.25) is 9.59 Å². The van der Waals surface area contributed by atoms with Crippen LogP contribution in [0.5, 0.6) is 0 Å². The van der Waals surface area contributed by atoms with Gasteiger partial charge in [-0.2, -0.15) is 0 Å². The first-order chi connectivity index (χ1) is 6.53. The molecule has 4 nitrogen and oxygen atoms in total. The largest absolute Gasteiger partial charge is 0.352 e. The first kappa shape index (κ1) is 9.49. The molecule has 0 aromatic rings. The van der Waals surface area contributed by atoms with Crippen LogP contribution in [0.3, 0.4) is 0 Å². The van der Waals surface area contributed by atoms with Gasteiger partial charge in [0.1, 0.15) is 5.54 Å². The predicted octanol–water partition coefficient (Wildman–Crippen LogP) is 0.133. The van der Waals surface area contributed by atoms with E-state index in [9.17, 15) is 9.59 Å². The zero-order valence-electron chi connectivity index (χ0n) is 8.67. The highest BCUT2D eigenvalue weighted by atomic mass is 16.2. The highest BCUT2D eigenvalue weighted by Crippen LogP contribution is 2.33. The number of carbonyl (C=O) groups is 2.